The lowest BCUT2D eigenvalue weighted by Crippen LogP contribution is -2.45. The van der Waals surface area contributed by atoms with Crippen molar-refractivity contribution in [3.8, 4) is 0 Å². The SMILES string of the molecule is CCCCNC(=O)C(C)(CC)OC. The minimum absolute atomic E-state index is 0.00838. The summed E-state index contributed by atoms with van der Waals surface area (Å²) in [7, 11) is 1.57. The van der Waals surface area contributed by atoms with Crippen LogP contribution in [0.5, 0.6) is 0 Å². The van der Waals surface area contributed by atoms with E-state index in [1.54, 1.807) is 7.11 Å². The van der Waals surface area contributed by atoms with E-state index in [0.29, 0.717) is 6.42 Å². The number of unbranched alkanes of at least 4 members (excludes halogenated alkanes) is 1. The summed E-state index contributed by atoms with van der Waals surface area (Å²) in [6.45, 7) is 6.60. The highest BCUT2D eigenvalue weighted by atomic mass is 16.5. The summed E-state index contributed by atoms with van der Waals surface area (Å²) in [6, 6.07) is 0. The predicted octanol–water partition coefficient (Wildman–Crippen LogP) is 1.72. The van der Waals surface area contributed by atoms with Gasteiger partial charge in [-0.2, -0.15) is 0 Å². The molecule has 0 radical (unpaired) electrons. The van der Waals surface area contributed by atoms with Crippen LogP contribution in [0.2, 0.25) is 0 Å². The number of rotatable bonds is 6. The Morgan fingerprint density at radius 3 is 2.46 bits per heavy atom. The number of methoxy groups -OCH3 is 1. The Kier molecular flexibility index (Phi) is 5.71. The Bertz CT molecular complexity index is 153. The summed E-state index contributed by atoms with van der Waals surface area (Å²) in [4.78, 5) is 11.6. The Morgan fingerprint density at radius 2 is 2.08 bits per heavy atom. The van der Waals surface area contributed by atoms with Crippen molar-refractivity contribution in [2.24, 2.45) is 0 Å². The Balaban J connectivity index is 3.92. The van der Waals surface area contributed by atoms with Crippen molar-refractivity contribution >= 4 is 5.91 Å². The molecule has 3 heteroatoms. The number of carbonyl (C=O) groups excluding carboxylic acids is 1. The lowest BCUT2D eigenvalue weighted by Gasteiger charge is -2.25. The summed E-state index contributed by atoms with van der Waals surface area (Å²) in [5.41, 5.74) is -0.659. The molecule has 78 valence electrons. The topological polar surface area (TPSA) is 38.3 Å². The molecular formula is C10H21NO2. The van der Waals surface area contributed by atoms with E-state index >= 15 is 0 Å². The van der Waals surface area contributed by atoms with E-state index in [4.69, 9.17) is 4.74 Å². The second-order valence-corrected chi connectivity index (χ2v) is 3.40. The van der Waals surface area contributed by atoms with E-state index in [1.165, 1.54) is 0 Å². The van der Waals surface area contributed by atoms with Gasteiger partial charge in [-0.25, -0.2) is 0 Å². The molecule has 0 saturated carbocycles. The van der Waals surface area contributed by atoms with Gasteiger partial charge in [0.05, 0.1) is 0 Å². The second-order valence-electron chi connectivity index (χ2n) is 3.40. The van der Waals surface area contributed by atoms with Crippen molar-refractivity contribution in [2.75, 3.05) is 13.7 Å². The molecule has 1 atom stereocenters. The zero-order valence-electron chi connectivity index (χ0n) is 9.14. The molecule has 0 rings (SSSR count). The van der Waals surface area contributed by atoms with Crippen LogP contribution in [-0.4, -0.2) is 25.2 Å². The molecular weight excluding hydrogens is 166 g/mol. The molecule has 13 heavy (non-hydrogen) atoms. The molecule has 0 aliphatic rings. The number of amides is 1. The molecule has 0 aromatic rings. The van der Waals surface area contributed by atoms with Crippen LogP contribution in [0.4, 0.5) is 0 Å². The number of hydrogen-bond donors (Lipinski definition) is 1. The molecule has 0 aromatic carbocycles. The van der Waals surface area contributed by atoms with Crippen molar-refractivity contribution in [1.29, 1.82) is 0 Å². The quantitative estimate of drug-likeness (QED) is 0.643. The lowest BCUT2D eigenvalue weighted by molar-refractivity contribution is -0.141. The summed E-state index contributed by atoms with van der Waals surface area (Å²) < 4.78 is 5.17. The third-order valence-electron chi connectivity index (χ3n) is 2.42. The Hall–Kier alpha value is -0.570. The van der Waals surface area contributed by atoms with Crippen molar-refractivity contribution < 1.29 is 9.53 Å². The first kappa shape index (κ1) is 12.4. The molecule has 0 heterocycles. The maximum atomic E-state index is 11.6. The van der Waals surface area contributed by atoms with Gasteiger partial charge in [-0.1, -0.05) is 20.3 Å². The average Bonchev–Trinajstić information content (AvgIpc) is 2.17. The molecule has 0 fully saturated rings. The first-order valence-electron chi connectivity index (χ1n) is 4.94. The lowest BCUT2D eigenvalue weighted by atomic mass is 10.0. The van der Waals surface area contributed by atoms with E-state index in [2.05, 4.69) is 12.2 Å². The number of ether oxygens (including phenoxy) is 1. The van der Waals surface area contributed by atoms with Crippen molar-refractivity contribution in [2.45, 2.75) is 45.6 Å². The normalized spacial score (nSPS) is 15.1. The van der Waals surface area contributed by atoms with Gasteiger partial charge in [0, 0.05) is 13.7 Å². The maximum absolute atomic E-state index is 11.6. The molecule has 0 saturated heterocycles. The number of nitrogens with one attached hydrogen (secondary N) is 1. The smallest absolute Gasteiger partial charge is 0.251 e. The van der Waals surface area contributed by atoms with E-state index < -0.39 is 5.60 Å². The minimum Gasteiger partial charge on any atom is -0.369 e. The third-order valence-corrected chi connectivity index (χ3v) is 2.42. The van der Waals surface area contributed by atoms with Crippen LogP contribution in [0, 0.1) is 0 Å². The van der Waals surface area contributed by atoms with Gasteiger partial charge in [-0.05, 0) is 19.8 Å². The molecule has 0 spiro atoms. The number of carbonyl (C=O) groups is 1. The summed E-state index contributed by atoms with van der Waals surface area (Å²) in [5, 5.41) is 2.86. The highest BCUT2D eigenvalue weighted by molar-refractivity contribution is 5.84. The largest absolute Gasteiger partial charge is 0.369 e. The first-order valence-corrected chi connectivity index (χ1v) is 4.94. The van der Waals surface area contributed by atoms with E-state index in [9.17, 15) is 4.79 Å². The molecule has 1 N–H and O–H groups in total. The van der Waals surface area contributed by atoms with E-state index in [-0.39, 0.29) is 5.91 Å². The van der Waals surface area contributed by atoms with Crippen LogP contribution >= 0.6 is 0 Å². The van der Waals surface area contributed by atoms with Gasteiger partial charge in [-0.3, -0.25) is 4.79 Å². The second kappa shape index (κ2) is 5.97. The Labute approximate surface area is 80.8 Å². The van der Waals surface area contributed by atoms with Crippen molar-refractivity contribution in [3.05, 3.63) is 0 Å². The average molecular weight is 187 g/mol. The van der Waals surface area contributed by atoms with Crippen LogP contribution in [0.3, 0.4) is 0 Å². The van der Waals surface area contributed by atoms with Gasteiger partial charge in [0.15, 0.2) is 0 Å². The zero-order valence-corrected chi connectivity index (χ0v) is 9.14. The van der Waals surface area contributed by atoms with Crippen LogP contribution in [0.1, 0.15) is 40.0 Å². The standard InChI is InChI=1S/C10H21NO2/c1-5-7-8-11-9(12)10(3,6-2)13-4/h5-8H2,1-4H3,(H,11,12). The van der Waals surface area contributed by atoms with Gasteiger partial charge in [0.25, 0.3) is 5.91 Å². The monoisotopic (exact) mass is 187 g/mol. The van der Waals surface area contributed by atoms with Crippen LogP contribution in [-0.2, 0) is 9.53 Å². The van der Waals surface area contributed by atoms with Gasteiger partial charge in [0.2, 0.25) is 0 Å². The molecule has 1 amide bonds. The molecule has 0 bridgehead atoms. The highest BCUT2D eigenvalue weighted by Gasteiger charge is 2.30. The molecule has 0 aromatic heterocycles. The summed E-state index contributed by atoms with van der Waals surface area (Å²) in [6.07, 6.45) is 2.81. The van der Waals surface area contributed by atoms with E-state index in [1.807, 2.05) is 13.8 Å². The number of hydrogen-bond acceptors (Lipinski definition) is 2. The summed E-state index contributed by atoms with van der Waals surface area (Å²) >= 11 is 0. The third kappa shape index (κ3) is 3.77. The van der Waals surface area contributed by atoms with Gasteiger partial charge in [0.1, 0.15) is 5.60 Å². The highest BCUT2D eigenvalue weighted by Crippen LogP contribution is 2.13. The van der Waals surface area contributed by atoms with E-state index in [0.717, 1.165) is 19.4 Å². The zero-order chi connectivity index (χ0) is 10.3. The van der Waals surface area contributed by atoms with Gasteiger partial charge < -0.3 is 10.1 Å². The van der Waals surface area contributed by atoms with Crippen molar-refractivity contribution in [1.82, 2.24) is 5.32 Å². The van der Waals surface area contributed by atoms with Gasteiger partial charge in [-0.15, -0.1) is 0 Å². The van der Waals surface area contributed by atoms with Crippen LogP contribution < -0.4 is 5.32 Å². The molecule has 3 nitrogen and oxygen atoms in total. The fraction of sp³-hybridized carbons (Fsp3) is 0.900. The fourth-order valence-electron chi connectivity index (χ4n) is 0.963. The molecule has 1 unspecified atom stereocenters. The molecule has 0 aliphatic heterocycles. The Morgan fingerprint density at radius 1 is 1.46 bits per heavy atom. The predicted molar refractivity (Wildman–Crippen MR) is 53.6 cm³/mol. The summed E-state index contributed by atoms with van der Waals surface area (Å²) in [5.74, 6) is -0.00838. The fourth-order valence-corrected chi connectivity index (χ4v) is 0.963. The van der Waals surface area contributed by atoms with Crippen molar-refractivity contribution in [3.63, 3.8) is 0 Å². The van der Waals surface area contributed by atoms with Crippen LogP contribution in [0.25, 0.3) is 0 Å². The maximum Gasteiger partial charge on any atom is 0.251 e. The van der Waals surface area contributed by atoms with Gasteiger partial charge >= 0.3 is 0 Å². The minimum atomic E-state index is -0.659. The first-order chi connectivity index (χ1) is 6.10. The van der Waals surface area contributed by atoms with Crippen LogP contribution in [0.15, 0.2) is 0 Å². The molecule has 0 aliphatic carbocycles.